The molecule has 6 nitrogen and oxygen atoms in total. The monoisotopic (exact) mass is 457 g/mol. The molecule has 0 aliphatic carbocycles. The van der Waals surface area contributed by atoms with Crippen LogP contribution in [0.1, 0.15) is 21.8 Å². The average molecular weight is 457 g/mol. The maximum absolute atomic E-state index is 12.6. The standard InChI is InChI=1S/C20H13F6N3O3/c21-19(22,23)13-5-1-12(2-6-13)17(30)29-9-15(10-29)31-14-7-3-11(4-8-14)16-27-18(32-28-16)20(24,25)26/h1-8,15H,9-10H2. The molecule has 1 aliphatic rings. The molecule has 0 radical (unpaired) electrons. The lowest BCUT2D eigenvalue weighted by atomic mass is 10.1. The van der Waals surface area contributed by atoms with Crippen LogP contribution in [0, 0.1) is 0 Å². The molecule has 1 saturated heterocycles. The molecule has 3 aromatic rings. The van der Waals surface area contributed by atoms with Crippen LogP contribution in [0.3, 0.4) is 0 Å². The van der Waals surface area contributed by atoms with Gasteiger partial charge in [-0.15, -0.1) is 0 Å². The quantitative estimate of drug-likeness (QED) is 0.533. The van der Waals surface area contributed by atoms with Gasteiger partial charge < -0.3 is 14.2 Å². The van der Waals surface area contributed by atoms with Gasteiger partial charge in [0.05, 0.1) is 18.7 Å². The predicted octanol–water partition coefficient (Wildman–Crippen LogP) is 4.68. The molecule has 1 fully saturated rings. The molecular weight excluding hydrogens is 444 g/mol. The molecule has 0 N–H and O–H groups in total. The Labute approximate surface area is 176 Å². The molecule has 12 heteroatoms. The summed E-state index contributed by atoms with van der Waals surface area (Å²) in [5, 5.41) is 3.29. The van der Waals surface area contributed by atoms with Crippen molar-refractivity contribution in [3.05, 3.63) is 65.5 Å². The van der Waals surface area contributed by atoms with Crippen LogP contribution in [0.15, 0.2) is 53.1 Å². The van der Waals surface area contributed by atoms with E-state index >= 15 is 0 Å². The fourth-order valence-corrected chi connectivity index (χ4v) is 2.99. The van der Waals surface area contributed by atoms with Crippen molar-refractivity contribution >= 4 is 5.91 Å². The minimum atomic E-state index is -4.73. The number of halogens is 6. The van der Waals surface area contributed by atoms with Crippen LogP contribution in [0.5, 0.6) is 5.75 Å². The summed E-state index contributed by atoms with van der Waals surface area (Å²) >= 11 is 0. The Hall–Kier alpha value is -3.57. The number of benzene rings is 2. The van der Waals surface area contributed by atoms with Crippen LogP contribution >= 0.6 is 0 Å². The van der Waals surface area contributed by atoms with Gasteiger partial charge >= 0.3 is 18.2 Å². The van der Waals surface area contributed by atoms with Crippen LogP contribution in [-0.2, 0) is 12.4 Å². The first-order valence-electron chi connectivity index (χ1n) is 9.15. The molecule has 0 saturated carbocycles. The van der Waals surface area contributed by atoms with E-state index in [1.165, 1.54) is 29.2 Å². The van der Waals surface area contributed by atoms with E-state index in [9.17, 15) is 31.1 Å². The van der Waals surface area contributed by atoms with Crippen molar-refractivity contribution in [3.8, 4) is 17.1 Å². The second-order valence-electron chi connectivity index (χ2n) is 6.97. The Balaban J connectivity index is 1.31. The minimum Gasteiger partial charge on any atom is -0.487 e. The molecule has 0 spiro atoms. The highest BCUT2D eigenvalue weighted by Gasteiger charge is 2.38. The number of hydrogen-bond acceptors (Lipinski definition) is 5. The van der Waals surface area contributed by atoms with E-state index in [4.69, 9.17) is 4.74 Å². The third-order valence-electron chi connectivity index (χ3n) is 4.68. The van der Waals surface area contributed by atoms with E-state index in [1.807, 2.05) is 0 Å². The molecule has 2 aromatic carbocycles. The molecule has 1 amide bonds. The zero-order valence-corrected chi connectivity index (χ0v) is 15.9. The third-order valence-corrected chi connectivity index (χ3v) is 4.68. The fraction of sp³-hybridized carbons (Fsp3) is 0.250. The lowest BCUT2D eigenvalue weighted by molar-refractivity contribution is -0.159. The number of alkyl halides is 6. The molecule has 0 unspecified atom stereocenters. The number of hydrogen-bond donors (Lipinski definition) is 0. The van der Waals surface area contributed by atoms with Crippen LogP contribution in [0.4, 0.5) is 26.3 Å². The van der Waals surface area contributed by atoms with E-state index in [1.54, 1.807) is 0 Å². The SMILES string of the molecule is O=C(c1ccc(C(F)(F)F)cc1)N1CC(Oc2ccc(-c3noc(C(F)(F)F)n3)cc2)C1. The smallest absolute Gasteiger partial charge is 0.471 e. The van der Waals surface area contributed by atoms with Gasteiger partial charge in [0, 0.05) is 11.1 Å². The first kappa shape index (κ1) is 21.7. The van der Waals surface area contributed by atoms with Crippen molar-refractivity contribution in [2.24, 2.45) is 0 Å². The Bertz CT molecular complexity index is 1100. The number of carbonyl (C=O) groups excluding carboxylic acids is 1. The van der Waals surface area contributed by atoms with Gasteiger partial charge in [-0.1, -0.05) is 5.16 Å². The maximum atomic E-state index is 12.6. The van der Waals surface area contributed by atoms with E-state index in [0.29, 0.717) is 11.3 Å². The van der Waals surface area contributed by atoms with Crippen molar-refractivity contribution in [1.82, 2.24) is 15.0 Å². The van der Waals surface area contributed by atoms with Crippen molar-refractivity contribution in [2.45, 2.75) is 18.5 Å². The van der Waals surface area contributed by atoms with Crippen molar-refractivity contribution in [2.75, 3.05) is 13.1 Å². The van der Waals surface area contributed by atoms with Crippen molar-refractivity contribution in [1.29, 1.82) is 0 Å². The molecule has 0 atom stereocenters. The van der Waals surface area contributed by atoms with Gasteiger partial charge in [-0.3, -0.25) is 4.79 Å². The lowest BCUT2D eigenvalue weighted by Crippen LogP contribution is -2.56. The molecule has 4 rings (SSSR count). The average Bonchev–Trinajstić information content (AvgIpc) is 3.21. The predicted molar refractivity (Wildman–Crippen MR) is 96.5 cm³/mol. The van der Waals surface area contributed by atoms with Gasteiger partial charge in [0.2, 0.25) is 5.82 Å². The van der Waals surface area contributed by atoms with Crippen LogP contribution in [-0.4, -0.2) is 40.1 Å². The van der Waals surface area contributed by atoms with Crippen molar-refractivity contribution < 1.29 is 40.4 Å². The van der Waals surface area contributed by atoms with Crippen LogP contribution in [0.2, 0.25) is 0 Å². The summed E-state index contributed by atoms with van der Waals surface area (Å²) in [7, 11) is 0. The molecule has 0 bridgehead atoms. The number of nitrogens with zero attached hydrogens (tertiary/aromatic N) is 3. The van der Waals surface area contributed by atoms with E-state index in [0.717, 1.165) is 24.3 Å². The first-order chi connectivity index (χ1) is 15.0. The Kier molecular flexibility index (Phi) is 5.31. The molecular formula is C20H13F6N3O3. The minimum absolute atomic E-state index is 0.138. The number of aromatic nitrogens is 2. The molecule has 1 aliphatic heterocycles. The zero-order chi connectivity index (χ0) is 23.1. The summed E-state index contributed by atoms with van der Waals surface area (Å²) in [4.78, 5) is 17.1. The van der Waals surface area contributed by atoms with Crippen molar-refractivity contribution in [3.63, 3.8) is 0 Å². The highest BCUT2D eigenvalue weighted by molar-refractivity contribution is 5.94. The molecule has 32 heavy (non-hydrogen) atoms. The molecule has 1 aromatic heterocycles. The number of ether oxygens (including phenoxy) is 1. The summed E-state index contributed by atoms with van der Waals surface area (Å²) in [6, 6.07) is 9.90. The second-order valence-corrected chi connectivity index (χ2v) is 6.97. The summed E-state index contributed by atoms with van der Waals surface area (Å²) in [6.07, 6.45) is -9.54. The van der Waals surface area contributed by atoms with Crippen LogP contribution in [0.25, 0.3) is 11.4 Å². The number of carbonyl (C=O) groups is 1. The molecule has 168 valence electrons. The van der Waals surface area contributed by atoms with Gasteiger partial charge in [-0.05, 0) is 48.5 Å². The Morgan fingerprint density at radius 3 is 2.09 bits per heavy atom. The van der Waals surface area contributed by atoms with Crippen LogP contribution < -0.4 is 4.74 Å². The van der Waals surface area contributed by atoms with Gasteiger partial charge in [-0.2, -0.15) is 31.3 Å². The van der Waals surface area contributed by atoms with Gasteiger partial charge in [0.15, 0.2) is 0 Å². The van der Waals surface area contributed by atoms with Gasteiger partial charge in [0.25, 0.3) is 5.91 Å². The lowest BCUT2D eigenvalue weighted by Gasteiger charge is -2.39. The van der Waals surface area contributed by atoms with E-state index in [-0.39, 0.29) is 30.6 Å². The topological polar surface area (TPSA) is 68.5 Å². The van der Waals surface area contributed by atoms with Gasteiger partial charge in [-0.25, -0.2) is 0 Å². The van der Waals surface area contributed by atoms with E-state index < -0.39 is 29.7 Å². The zero-order valence-electron chi connectivity index (χ0n) is 15.9. The maximum Gasteiger partial charge on any atom is 0.471 e. The summed E-state index contributed by atoms with van der Waals surface area (Å²) < 4.78 is 85.4. The van der Waals surface area contributed by atoms with E-state index in [2.05, 4.69) is 14.7 Å². The second kappa shape index (κ2) is 7.84. The Morgan fingerprint density at radius 1 is 0.938 bits per heavy atom. The largest absolute Gasteiger partial charge is 0.487 e. The summed E-state index contributed by atoms with van der Waals surface area (Å²) in [6.45, 7) is 0.475. The van der Waals surface area contributed by atoms with Gasteiger partial charge in [0.1, 0.15) is 11.9 Å². The third kappa shape index (κ3) is 4.53. The highest BCUT2D eigenvalue weighted by Crippen LogP contribution is 2.31. The highest BCUT2D eigenvalue weighted by atomic mass is 19.4. The number of amides is 1. The summed E-state index contributed by atoms with van der Waals surface area (Å²) in [5.74, 6) is -1.66. The summed E-state index contributed by atoms with van der Waals surface area (Å²) in [5.41, 5.74) is -0.402. The Morgan fingerprint density at radius 2 is 1.56 bits per heavy atom. The fourth-order valence-electron chi connectivity index (χ4n) is 2.99. The molecule has 2 heterocycles. The first-order valence-corrected chi connectivity index (χ1v) is 9.15. The normalized spacial score (nSPS) is 14.9. The number of likely N-dealkylation sites (tertiary alicyclic amines) is 1. The number of rotatable bonds is 4.